The number of hydrogen-bond donors (Lipinski definition) is 0. The van der Waals surface area contributed by atoms with E-state index in [4.69, 9.17) is 47.5 Å². The first-order chi connectivity index (χ1) is 48.5. The molecule has 5 aromatic carbocycles. The summed E-state index contributed by atoms with van der Waals surface area (Å²) in [6, 6.07) is 33.8. The van der Waals surface area contributed by atoms with Crippen LogP contribution in [0.25, 0.3) is 0 Å². The fraction of sp³-hybridized carbons (Fsp3) is 0.320. The minimum absolute atomic E-state index is 0.000920. The van der Waals surface area contributed by atoms with Crippen LogP contribution < -0.4 is 30.5 Å². The molecule has 5 heterocycles. The van der Waals surface area contributed by atoms with Crippen molar-refractivity contribution in [2.45, 2.75) is 124 Å². The van der Waals surface area contributed by atoms with E-state index in [9.17, 15) is 55.9 Å². The first-order valence-corrected chi connectivity index (χ1v) is 31.9. The maximum Gasteiger partial charge on any atom is 0.373 e. The number of fused-ring (bicyclic) bond motifs is 2. The lowest BCUT2D eigenvalue weighted by Crippen LogP contribution is -2.57. The fourth-order valence-corrected chi connectivity index (χ4v) is 10.9. The van der Waals surface area contributed by atoms with Gasteiger partial charge >= 0.3 is 18.1 Å². The van der Waals surface area contributed by atoms with Crippen LogP contribution in [-0.4, -0.2) is 114 Å². The third-order valence-corrected chi connectivity index (χ3v) is 16.3. The summed E-state index contributed by atoms with van der Waals surface area (Å²) in [5, 5.41) is 0. The second kappa shape index (κ2) is 37.3. The number of methoxy groups -OCH3 is 4. The van der Waals surface area contributed by atoms with E-state index in [1.54, 1.807) is 65.5 Å². The molecule has 2 aliphatic heterocycles. The van der Waals surface area contributed by atoms with Crippen LogP contribution in [0.1, 0.15) is 126 Å². The zero-order valence-electron chi connectivity index (χ0n) is 56.8. The first kappa shape index (κ1) is 77.4. The Morgan fingerprint density at radius 1 is 0.564 bits per heavy atom. The number of ketones is 2. The molecule has 532 valence electrons. The summed E-state index contributed by atoms with van der Waals surface area (Å²) >= 11 is 0. The molecule has 4 atom stereocenters. The Balaban J connectivity index is 0.000000212. The number of aromatic nitrogens is 3. The number of hydrogen-bond acceptors (Lipinski definition) is 18. The summed E-state index contributed by atoms with van der Waals surface area (Å²) in [4.78, 5) is 122. The summed E-state index contributed by atoms with van der Waals surface area (Å²) in [5.41, 5.74) is 1.09. The maximum atomic E-state index is 14.1. The maximum absolute atomic E-state index is 14.1. The van der Waals surface area contributed by atoms with Crippen molar-refractivity contribution in [2.75, 3.05) is 35.0 Å². The zero-order valence-corrected chi connectivity index (χ0v) is 56.8. The van der Waals surface area contributed by atoms with E-state index in [0.29, 0.717) is 25.1 Å². The second-order valence-corrected chi connectivity index (χ2v) is 23.4. The molecular weight excluding hydrogens is 1320 g/mol. The molecular formula is C75H76F4N4O18. The van der Waals surface area contributed by atoms with Gasteiger partial charge in [-0.2, -0.15) is 9.59 Å². The molecule has 8 aromatic rings. The Kier molecular flexibility index (Phi) is 28.6. The summed E-state index contributed by atoms with van der Waals surface area (Å²) in [6.07, 6.45) is 3.69. The van der Waals surface area contributed by atoms with E-state index in [0.717, 1.165) is 41.0 Å². The predicted molar refractivity (Wildman–Crippen MR) is 358 cm³/mol. The molecule has 10 rings (SSSR count). The summed E-state index contributed by atoms with van der Waals surface area (Å²) < 4.78 is 103. The van der Waals surface area contributed by atoms with Crippen molar-refractivity contribution in [1.82, 2.24) is 18.6 Å². The number of ether oxygens (including phenoxy) is 8. The number of esters is 2. The molecule has 1 saturated heterocycles. The number of Topliss-reactive ketones (excluding diaryl/α,β-unsaturated/α-hetero) is 2. The van der Waals surface area contributed by atoms with Gasteiger partial charge < -0.3 is 56.5 Å². The average molecular weight is 1400 g/mol. The van der Waals surface area contributed by atoms with E-state index in [-0.39, 0.29) is 145 Å². The quantitative estimate of drug-likeness (QED) is 0.0292. The Bertz CT molecular complexity index is 4450. The van der Waals surface area contributed by atoms with Gasteiger partial charge in [0.05, 0.1) is 50.7 Å². The van der Waals surface area contributed by atoms with Gasteiger partial charge in [0.2, 0.25) is 16.3 Å². The molecule has 2 aliphatic rings. The van der Waals surface area contributed by atoms with Crippen LogP contribution in [0.4, 0.5) is 17.6 Å². The number of nitrogens with zero attached hydrogens (tertiary/aromatic N) is 4. The molecule has 3 unspecified atom stereocenters. The van der Waals surface area contributed by atoms with Gasteiger partial charge in [-0.25, -0.2) is 27.2 Å². The van der Waals surface area contributed by atoms with Crippen molar-refractivity contribution in [3.8, 4) is 17.2 Å². The van der Waals surface area contributed by atoms with Gasteiger partial charge in [0.15, 0.2) is 52.1 Å². The first-order valence-electron chi connectivity index (χ1n) is 31.9. The van der Waals surface area contributed by atoms with Gasteiger partial charge in [-0.15, -0.1) is 0 Å². The van der Waals surface area contributed by atoms with Crippen molar-refractivity contribution in [2.24, 2.45) is 0 Å². The van der Waals surface area contributed by atoms with E-state index in [1.807, 2.05) is 80.6 Å². The van der Waals surface area contributed by atoms with Crippen molar-refractivity contribution in [3.05, 3.63) is 262 Å². The molecule has 26 heteroatoms. The van der Waals surface area contributed by atoms with Crippen molar-refractivity contribution >= 4 is 35.6 Å². The van der Waals surface area contributed by atoms with Gasteiger partial charge in [-0.05, 0) is 86.9 Å². The summed E-state index contributed by atoms with van der Waals surface area (Å²) in [6.45, 7) is 8.68. The molecule has 1 amide bonds. The van der Waals surface area contributed by atoms with E-state index >= 15 is 0 Å². The Labute approximate surface area is 578 Å². The Morgan fingerprint density at radius 3 is 1.40 bits per heavy atom. The van der Waals surface area contributed by atoms with Crippen LogP contribution in [0.3, 0.4) is 0 Å². The SMILES string of the molecule is COC(=O)c1c(OCc2ccccc2)c(=O)c(C(=O)CCc2ccc(F)cc2F)cn1CC(C)OC.COC(=O)c1c(OCc2ccccc2)c(=O)c(C)cn1CC(C)OC.C[C@@H]1CCOC2Cn3cc(C(=O)CCc4ccc(F)cc4F)c(=O)c(OCc4ccccc4)c3C(=O)N21.O=C=O. The lowest BCUT2D eigenvalue weighted by Gasteiger charge is -2.44. The minimum atomic E-state index is -0.814. The Hall–Kier alpha value is -10.9. The summed E-state index contributed by atoms with van der Waals surface area (Å²) in [5.74, 6) is -6.42. The van der Waals surface area contributed by atoms with E-state index in [1.165, 1.54) is 50.4 Å². The molecule has 0 saturated carbocycles. The van der Waals surface area contributed by atoms with Crippen LogP contribution in [0.5, 0.6) is 17.2 Å². The largest absolute Gasteiger partial charge is 0.483 e. The van der Waals surface area contributed by atoms with Crippen LogP contribution in [0, 0.1) is 30.2 Å². The number of halogens is 4. The molecule has 0 N–H and O–H groups in total. The highest BCUT2D eigenvalue weighted by molar-refractivity contribution is 6.00. The number of carbonyl (C=O) groups is 5. The van der Waals surface area contributed by atoms with Gasteiger partial charge in [-0.1, -0.05) is 103 Å². The highest BCUT2D eigenvalue weighted by Crippen LogP contribution is 2.31. The van der Waals surface area contributed by atoms with Crippen LogP contribution >= 0.6 is 0 Å². The lowest BCUT2D eigenvalue weighted by molar-refractivity contribution is -0.191. The molecule has 0 aliphatic carbocycles. The number of carbonyl (C=O) groups excluding carboxylic acids is 7. The van der Waals surface area contributed by atoms with Crippen LogP contribution in [0.15, 0.2) is 160 Å². The van der Waals surface area contributed by atoms with Gasteiger partial charge in [0.25, 0.3) is 5.91 Å². The number of aryl methyl sites for hydroxylation is 3. The van der Waals surface area contributed by atoms with E-state index in [2.05, 4.69) is 0 Å². The molecule has 101 heavy (non-hydrogen) atoms. The molecule has 0 spiro atoms. The number of benzene rings is 5. The lowest BCUT2D eigenvalue weighted by atomic mass is 10.0. The van der Waals surface area contributed by atoms with E-state index < -0.39 is 69.8 Å². The zero-order chi connectivity index (χ0) is 73.4. The van der Waals surface area contributed by atoms with Crippen molar-refractivity contribution in [1.29, 1.82) is 0 Å². The highest BCUT2D eigenvalue weighted by atomic mass is 19.1. The standard InChI is InChI=1S/C28H26F2N2O5.C27H27F2NO6.C19H23NO5.CO2/c1-17-11-12-36-24-15-31-14-21(23(33)10-8-19-7-9-20(29)13-22(19)30)26(34)27(25(31)28(35)32(17)24)37-16-18-5-3-2-4-6-18;1-17(34-2)14-30-15-21(23(31)12-10-19-9-11-20(28)13-22(19)29)25(32)26(24(30)27(33)35-3)36-16-18-7-5-4-6-8-18;1-13-10-20(11-14(2)23-3)16(19(22)24-4)18(17(13)21)25-12-15-8-6-5-7-9-15;2-1-3/h2-7,9,13-14,17,24H,8,10-12,15-16H2,1H3;4-9,11,13,15,17H,10,12,14,16H2,1-3H3;5-10,14H,11-12H2,1-4H3;/t17-,24?;;;/m1.../s1. The summed E-state index contributed by atoms with van der Waals surface area (Å²) in [7, 11) is 5.53. The van der Waals surface area contributed by atoms with Crippen LogP contribution in [-0.2, 0) is 85.6 Å². The predicted octanol–water partition coefficient (Wildman–Crippen LogP) is 10.4. The molecule has 0 bridgehead atoms. The topological polar surface area (TPSA) is 263 Å². The third kappa shape index (κ3) is 20.4. The third-order valence-electron chi connectivity index (χ3n) is 16.3. The monoisotopic (exact) mass is 1400 g/mol. The molecule has 1 fully saturated rings. The second-order valence-electron chi connectivity index (χ2n) is 23.4. The number of rotatable bonds is 25. The van der Waals surface area contributed by atoms with Gasteiger partial charge in [-0.3, -0.25) is 28.8 Å². The molecule has 3 aromatic heterocycles. The van der Waals surface area contributed by atoms with Crippen LogP contribution in [0.2, 0.25) is 0 Å². The van der Waals surface area contributed by atoms with Crippen molar-refractivity contribution in [3.63, 3.8) is 0 Å². The molecule has 0 radical (unpaired) electrons. The fourth-order valence-electron chi connectivity index (χ4n) is 10.9. The van der Waals surface area contributed by atoms with Crippen molar-refractivity contribution < 1.29 is 89.0 Å². The smallest absolute Gasteiger partial charge is 0.373 e. The molecule has 22 nitrogen and oxygen atoms in total. The normalized spacial score (nSPS) is 14.1. The Morgan fingerprint density at radius 2 is 0.970 bits per heavy atom. The number of pyridine rings is 3. The van der Waals surface area contributed by atoms with Gasteiger partial charge in [0, 0.05) is 82.5 Å². The highest BCUT2D eigenvalue weighted by Gasteiger charge is 2.42. The minimum Gasteiger partial charge on any atom is -0.483 e. The van der Waals surface area contributed by atoms with Gasteiger partial charge in [0.1, 0.15) is 43.1 Å². The number of amides is 1. The average Bonchev–Trinajstić information content (AvgIpc) is 0.749.